The number of carbonyl (C=O) groups excluding carboxylic acids is 1. The van der Waals surface area contributed by atoms with Crippen LogP contribution in [0.5, 0.6) is 0 Å². The molecule has 1 amide bonds. The van der Waals surface area contributed by atoms with E-state index < -0.39 is 0 Å². The molecule has 0 saturated heterocycles. The Labute approximate surface area is 161 Å². The van der Waals surface area contributed by atoms with Crippen LogP contribution in [0.2, 0.25) is 0 Å². The average molecular weight is 370 g/mol. The smallest absolute Gasteiger partial charge is 0.276 e. The Bertz CT molecular complexity index is 1170. The monoisotopic (exact) mass is 370 g/mol. The zero-order valence-corrected chi connectivity index (χ0v) is 15.3. The van der Waals surface area contributed by atoms with Crippen LogP contribution in [0.4, 0.5) is 5.69 Å². The fraction of sp³-hybridized carbons (Fsp3) is 0.143. The maximum absolute atomic E-state index is 12.7. The Kier molecular flexibility index (Phi) is 3.79. The van der Waals surface area contributed by atoms with E-state index in [1.165, 1.54) is 0 Å². The summed E-state index contributed by atoms with van der Waals surface area (Å²) >= 11 is 0. The number of amides is 1. The molecular formula is C21H18N6O. The number of hydrogen-bond acceptors (Lipinski definition) is 4. The van der Waals surface area contributed by atoms with E-state index in [1.807, 2.05) is 39.8 Å². The van der Waals surface area contributed by atoms with Gasteiger partial charge in [0.05, 0.1) is 35.2 Å². The molecule has 138 valence electrons. The van der Waals surface area contributed by atoms with Crippen molar-refractivity contribution >= 4 is 11.6 Å². The topological polar surface area (TPSA) is 77.6 Å². The second-order valence-corrected chi connectivity index (χ2v) is 6.80. The van der Waals surface area contributed by atoms with Gasteiger partial charge in [-0.2, -0.15) is 10.2 Å². The lowest BCUT2D eigenvalue weighted by Gasteiger charge is -2.17. The molecule has 0 fully saturated rings. The summed E-state index contributed by atoms with van der Waals surface area (Å²) in [6, 6.07) is 13.5. The Balaban J connectivity index is 1.55. The quantitative estimate of drug-likeness (QED) is 0.600. The molecule has 0 bridgehead atoms. The van der Waals surface area contributed by atoms with Gasteiger partial charge < -0.3 is 5.32 Å². The molecular weight excluding hydrogens is 352 g/mol. The summed E-state index contributed by atoms with van der Waals surface area (Å²) in [5, 5.41) is 12.0. The van der Waals surface area contributed by atoms with E-state index in [4.69, 9.17) is 0 Å². The van der Waals surface area contributed by atoms with Crippen molar-refractivity contribution in [1.82, 2.24) is 24.5 Å². The van der Waals surface area contributed by atoms with Crippen molar-refractivity contribution in [2.75, 3.05) is 5.32 Å². The standard InChI is InChI=1S/C21H18N6O/c1-14-5-2-3-7-18(14)27-20-15(12-23-27)8-10-26-19(20)11-17(25-26)21(28)24-16-6-4-9-22-13-16/h2-7,9,11-13H,8,10H2,1H3,(H,24,28). The van der Waals surface area contributed by atoms with Crippen molar-refractivity contribution in [2.45, 2.75) is 19.9 Å². The zero-order chi connectivity index (χ0) is 19.1. The summed E-state index contributed by atoms with van der Waals surface area (Å²) in [7, 11) is 0. The van der Waals surface area contributed by atoms with E-state index in [0.717, 1.165) is 41.2 Å². The number of aromatic nitrogens is 5. The van der Waals surface area contributed by atoms with Gasteiger partial charge in [0.2, 0.25) is 0 Å². The number of anilines is 1. The molecule has 7 nitrogen and oxygen atoms in total. The Hall–Kier alpha value is -3.74. The largest absolute Gasteiger partial charge is 0.319 e. The van der Waals surface area contributed by atoms with E-state index in [-0.39, 0.29) is 5.91 Å². The van der Waals surface area contributed by atoms with Gasteiger partial charge in [0.25, 0.3) is 5.91 Å². The number of benzene rings is 1. The van der Waals surface area contributed by atoms with Gasteiger partial charge in [-0.3, -0.25) is 14.5 Å². The van der Waals surface area contributed by atoms with Gasteiger partial charge in [-0.1, -0.05) is 18.2 Å². The molecule has 4 aromatic rings. The lowest BCUT2D eigenvalue weighted by Crippen LogP contribution is -2.15. The zero-order valence-electron chi connectivity index (χ0n) is 15.3. The molecule has 0 saturated carbocycles. The number of pyridine rings is 1. The fourth-order valence-electron chi connectivity index (χ4n) is 3.57. The lowest BCUT2D eigenvalue weighted by atomic mass is 10.1. The number of aryl methyl sites for hydroxylation is 3. The number of fused-ring (bicyclic) bond motifs is 3. The first-order chi connectivity index (χ1) is 13.7. The number of carbonyl (C=O) groups is 1. The third-order valence-corrected chi connectivity index (χ3v) is 4.96. The molecule has 3 aromatic heterocycles. The summed E-state index contributed by atoms with van der Waals surface area (Å²) in [6.07, 6.45) is 6.02. The second kappa shape index (κ2) is 6.45. The van der Waals surface area contributed by atoms with E-state index in [0.29, 0.717) is 11.4 Å². The molecule has 5 rings (SSSR count). The Morgan fingerprint density at radius 2 is 2.04 bits per heavy atom. The van der Waals surface area contributed by atoms with Gasteiger partial charge in [-0.15, -0.1) is 0 Å². The van der Waals surface area contributed by atoms with Crippen LogP contribution < -0.4 is 5.32 Å². The third kappa shape index (κ3) is 2.68. The van der Waals surface area contributed by atoms with E-state index in [9.17, 15) is 4.79 Å². The van der Waals surface area contributed by atoms with E-state index >= 15 is 0 Å². The Morgan fingerprint density at radius 3 is 2.86 bits per heavy atom. The number of para-hydroxylation sites is 1. The van der Waals surface area contributed by atoms with E-state index in [1.54, 1.807) is 24.5 Å². The molecule has 1 aliphatic rings. The highest BCUT2D eigenvalue weighted by molar-refractivity contribution is 6.03. The van der Waals surface area contributed by atoms with Crippen molar-refractivity contribution in [1.29, 1.82) is 0 Å². The van der Waals surface area contributed by atoms with Crippen molar-refractivity contribution in [2.24, 2.45) is 0 Å². The van der Waals surface area contributed by atoms with Crippen LogP contribution in [0.1, 0.15) is 21.6 Å². The van der Waals surface area contributed by atoms with Crippen LogP contribution >= 0.6 is 0 Å². The summed E-state index contributed by atoms with van der Waals surface area (Å²) in [4.78, 5) is 16.7. The van der Waals surface area contributed by atoms with Crippen LogP contribution in [0.25, 0.3) is 17.1 Å². The van der Waals surface area contributed by atoms with Crippen LogP contribution in [-0.4, -0.2) is 30.5 Å². The average Bonchev–Trinajstić information content (AvgIpc) is 3.33. The van der Waals surface area contributed by atoms with Crippen molar-refractivity contribution in [3.05, 3.63) is 77.9 Å². The molecule has 1 aliphatic heterocycles. The van der Waals surface area contributed by atoms with Gasteiger partial charge in [0.15, 0.2) is 5.69 Å². The van der Waals surface area contributed by atoms with Crippen LogP contribution in [0, 0.1) is 6.92 Å². The number of hydrogen-bond donors (Lipinski definition) is 1. The molecule has 28 heavy (non-hydrogen) atoms. The minimum atomic E-state index is -0.251. The van der Waals surface area contributed by atoms with Crippen molar-refractivity contribution in [3.63, 3.8) is 0 Å². The van der Waals surface area contributed by atoms with Gasteiger partial charge in [-0.25, -0.2) is 4.68 Å². The second-order valence-electron chi connectivity index (χ2n) is 6.80. The first-order valence-corrected chi connectivity index (χ1v) is 9.13. The normalized spacial score (nSPS) is 12.3. The maximum atomic E-state index is 12.7. The fourth-order valence-corrected chi connectivity index (χ4v) is 3.57. The summed E-state index contributed by atoms with van der Waals surface area (Å²) < 4.78 is 3.83. The molecule has 1 aromatic carbocycles. The predicted octanol–water partition coefficient (Wildman–Crippen LogP) is 3.25. The molecule has 7 heteroatoms. The summed E-state index contributed by atoms with van der Waals surface area (Å²) in [6.45, 7) is 2.79. The highest BCUT2D eigenvalue weighted by Gasteiger charge is 2.26. The van der Waals surface area contributed by atoms with E-state index in [2.05, 4.69) is 33.5 Å². The number of nitrogens with zero attached hydrogens (tertiary/aromatic N) is 5. The molecule has 0 spiro atoms. The van der Waals surface area contributed by atoms with Gasteiger partial charge in [-0.05, 0) is 43.2 Å². The highest BCUT2D eigenvalue weighted by Crippen LogP contribution is 2.32. The van der Waals surface area contributed by atoms with Crippen molar-refractivity contribution < 1.29 is 4.79 Å². The third-order valence-electron chi connectivity index (χ3n) is 4.96. The number of rotatable bonds is 3. The minimum absolute atomic E-state index is 0.251. The molecule has 0 unspecified atom stereocenters. The van der Waals surface area contributed by atoms with Gasteiger partial charge >= 0.3 is 0 Å². The Morgan fingerprint density at radius 1 is 1.14 bits per heavy atom. The highest BCUT2D eigenvalue weighted by atomic mass is 16.2. The number of nitrogens with one attached hydrogen (secondary N) is 1. The molecule has 4 heterocycles. The first kappa shape index (κ1) is 16.4. The maximum Gasteiger partial charge on any atom is 0.276 e. The SMILES string of the molecule is Cc1ccccc1-n1ncc2c1-c1cc(C(=O)Nc3cccnc3)nn1CC2. The molecule has 1 N–H and O–H groups in total. The van der Waals surface area contributed by atoms with Crippen LogP contribution in [0.3, 0.4) is 0 Å². The molecule has 0 radical (unpaired) electrons. The van der Waals surface area contributed by atoms with Gasteiger partial charge in [0.1, 0.15) is 0 Å². The van der Waals surface area contributed by atoms with Crippen molar-refractivity contribution in [3.8, 4) is 17.1 Å². The first-order valence-electron chi connectivity index (χ1n) is 9.13. The summed E-state index contributed by atoms with van der Waals surface area (Å²) in [5.74, 6) is -0.251. The van der Waals surface area contributed by atoms with Crippen LogP contribution in [0.15, 0.2) is 61.1 Å². The lowest BCUT2D eigenvalue weighted by molar-refractivity contribution is 0.102. The summed E-state index contributed by atoms with van der Waals surface area (Å²) in [5.41, 5.74) is 6.24. The van der Waals surface area contributed by atoms with Gasteiger partial charge in [0, 0.05) is 18.3 Å². The van der Waals surface area contributed by atoms with Crippen LogP contribution in [-0.2, 0) is 13.0 Å². The molecule has 0 atom stereocenters. The predicted molar refractivity (Wildman–Crippen MR) is 105 cm³/mol. The molecule has 0 aliphatic carbocycles. The minimum Gasteiger partial charge on any atom is -0.319 e.